The van der Waals surface area contributed by atoms with Gasteiger partial charge in [0.25, 0.3) is 11.5 Å². The first-order valence-corrected chi connectivity index (χ1v) is 10.4. The molecule has 0 fully saturated rings. The highest BCUT2D eigenvalue weighted by molar-refractivity contribution is 7.14. The third-order valence-electron chi connectivity index (χ3n) is 4.68. The number of hydrogen-bond acceptors (Lipinski definition) is 5. The van der Waals surface area contributed by atoms with E-state index in [1.54, 1.807) is 4.90 Å². The summed E-state index contributed by atoms with van der Waals surface area (Å²) in [5.41, 5.74) is 2.89. The van der Waals surface area contributed by atoms with E-state index >= 15 is 0 Å². The summed E-state index contributed by atoms with van der Waals surface area (Å²) in [4.78, 5) is 31.3. The van der Waals surface area contributed by atoms with E-state index in [1.807, 2.05) is 66.0 Å². The van der Waals surface area contributed by atoms with Crippen LogP contribution in [-0.4, -0.2) is 27.2 Å². The standard InChI is InChI=1S/C23H20N4O2S/c1-26-21(28)13-12-19(25-26)22(29)27(15-14-17-8-4-2-5-9-17)23-24-20(16-30-23)18-10-6-3-7-11-18/h2-13,16H,14-15H2,1H3. The number of hydrogen-bond donors (Lipinski definition) is 0. The van der Waals surface area contributed by atoms with E-state index in [-0.39, 0.29) is 17.2 Å². The fraction of sp³-hybridized carbons (Fsp3) is 0.130. The van der Waals surface area contributed by atoms with Crippen molar-refractivity contribution in [3.05, 3.63) is 99.8 Å². The zero-order valence-electron chi connectivity index (χ0n) is 16.4. The summed E-state index contributed by atoms with van der Waals surface area (Å²) in [7, 11) is 1.53. The Balaban J connectivity index is 1.66. The number of anilines is 1. The van der Waals surface area contributed by atoms with Crippen molar-refractivity contribution in [3.63, 3.8) is 0 Å². The number of amides is 1. The second-order valence-corrected chi connectivity index (χ2v) is 7.59. The minimum Gasteiger partial charge on any atom is -0.282 e. The molecule has 0 N–H and O–H groups in total. The lowest BCUT2D eigenvalue weighted by Crippen LogP contribution is -2.35. The maximum atomic E-state index is 13.3. The van der Waals surface area contributed by atoms with Crippen LogP contribution in [0.15, 0.2) is 83.0 Å². The molecule has 0 atom stereocenters. The summed E-state index contributed by atoms with van der Waals surface area (Å²) in [5, 5.41) is 6.68. The van der Waals surface area contributed by atoms with Crippen LogP contribution in [0.1, 0.15) is 16.1 Å². The lowest BCUT2D eigenvalue weighted by molar-refractivity contribution is 0.0980. The quantitative estimate of drug-likeness (QED) is 0.480. The molecule has 7 heteroatoms. The van der Waals surface area contributed by atoms with Gasteiger partial charge in [-0.1, -0.05) is 60.7 Å². The summed E-state index contributed by atoms with van der Waals surface area (Å²) in [6.45, 7) is 0.453. The number of thiazole rings is 1. The Morgan fingerprint density at radius 2 is 1.70 bits per heavy atom. The second-order valence-electron chi connectivity index (χ2n) is 6.75. The molecule has 1 amide bonds. The lowest BCUT2D eigenvalue weighted by Gasteiger charge is -2.19. The average molecular weight is 417 g/mol. The van der Waals surface area contributed by atoms with Crippen molar-refractivity contribution >= 4 is 22.4 Å². The Kier molecular flexibility index (Phi) is 5.81. The van der Waals surface area contributed by atoms with Crippen LogP contribution in [-0.2, 0) is 13.5 Å². The van der Waals surface area contributed by atoms with Gasteiger partial charge in [-0.2, -0.15) is 5.10 Å². The maximum absolute atomic E-state index is 13.3. The smallest absolute Gasteiger partial charge is 0.280 e. The number of carbonyl (C=O) groups is 1. The Morgan fingerprint density at radius 3 is 2.40 bits per heavy atom. The first kappa shape index (κ1) is 19.7. The third kappa shape index (κ3) is 4.36. The van der Waals surface area contributed by atoms with Gasteiger partial charge in [0.05, 0.1) is 5.69 Å². The number of benzene rings is 2. The van der Waals surface area contributed by atoms with E-state index in [1.165, 1.54) is 35.2 Å². The molecule has 2 aromatic heterocycles. The molecule has 150 valence electrons. The SMILES string of the molecule is Cn1nc(C(=O)N(CCc2ccccc2)c2nc(-c3ccccc3)cs2)ccc1=O. The molecular weight excluding hydrogens is 396 g/mol. The number of rotatable bonds is 6. The predicted molar refractivity (Wildman–Crippen MR) is 119 cm³/mol. The Bertz CT molecular complexity index is 1200. The van der Waals surface area contributed by atoms with Crippen molar-refractivity contribution in [2.45, 2.75) is 6.42 Å². The molecule has 4 rings (SSSR count). The van der Waals surface area contributed by atoms with Gasteiger partial charge in [0, 0.05) is 30.6 Å². The first-order valence-electron chi connectivity index (χ1n) is 9.53. The topological polar surface area (TPSA) is 68.1 Å². The van der Waals surface area contributed by atoms with Crippen molar-refractivity contribution in [1.82, 2.24) is 14.8 Å². The lowest BCUT2D eigenvalue weighted by atomic mass is 10.1. The zero-order chi connectivity index (χ0) is 20.9. The molecule has 0 spiro atoms. The van der Waals surface area contributed by atoms with E-state index in [4.69, 9.17) is 4.98 Å². The van der Waals surface area contributed by atoms with Gasteiger partial charge in [0.2, 0.25) is 0 Å². The maximum Gasteiger partial charge on any atom is 0.280 e. The summed E-state index contributed by atoms with van der Waals surface area (Å²) >= 11 is 1.42. The van der Waals surface area contributed by atoms with Crippen molar-refractivity contribution in [1.29, 1.82) is 0 Å². The van der Waals surface area contributed by atoms with Gasteiger partial charge in [0.15, 0.2) is 5.13 Å². The van der Waals surface area contributed by atoms with Crippen LogP contribution in [0.25, 0.3) is 11.3 Å². The molecule has 0 aliphatic carbocycles. The Morgan fingerprint density at radius 1 is 1.00 bits per heavy atom. The van der Waals surface area contributed by atoms with Crippen LogP contribution in [0.2, 0.25) is 0 Å². The zero-order valence-corrected chi connectivity index (χ0v) is 17.2. The largest absolute Gasteiger partial charge is 0.282 e. The van der Waals surface area contributed by atoms with Gasteiger partial charge in [-0.3, -0.25) is 14.5 Å². The van der Waals surface area contributed by atoms with Crippen LogP contribution in [0, 0.1) is 0 Å². The second kappa shape index (κ2) is 8.84. The minimum absolute atomic E-state index is 0.210. The van der Waals surface area contributed by atoms with E-state index in [0.717, 1.165) is 16.8 Å². The van der Waals surface area contributed by atoms with E-state index in [9.17, 15) is 9.59 Å². The highest BCUT2D eigenvalue weighted by Gasteiger charge is 2.22. The summed E-state index contributed by atoms with van der Waals surface area (Å²) < 4.78 is 1.17. The first-order chi connectivity index (χ1) is 14.6. The van der Waals surface area contributed by atoms with E-state index in [2.05, 4.69) is 5.10 Å². The van der Waals surface area contributed by atoms with Crippen molar-refractivity contribution < 1.29 is 4.79 Å². The molecule has 0 aliphatic rings. The fourth-order valence-electron chi connectivity index (χ4n) is 3.05. The monoisotopic (exact) mass is 416 g/mol. The molecule has 0 aliphatic heterocycles. The van der Waals surface area contributed by atoms with Gasteiger partial charge in [-0.15, -0.1) is 11.3 Å². The molecule has 0 saturated heterocycles. The Labute approximate surface area is 178 Å². The third-order valence-corrected chi connectivity index (χ3v) is 5.55. The van der Waals surface area contributed by atoms with Crippen LogP contribution in [0.3, 0.4) is 0 Å². The van der Waals surface area contributed by atoms with Crippen LogP contribution < -0.4 is 10.5 Å². The van der Waals surface area contributed by atoms with E-state index in [0.29, 0.717) is 18.1 Å². The van der Waals surface area contributed by atoms with Gasteiger partial charge >= 0.3 is 0 Å². The van der Waals surface area contributed by atoms with Gasteiger partial charge in [0.1, 0.15) is 5.69 Å². The average Bonchev–Trinajstić information content (AvgIpc) is 3.27. The molecule has 4 aromatic rings. The molecule has 0 radical (unpaired) electrons. The molecule has 0 bridgehead atoms. The van der Waals surface area contributed by atoms with E-state index < -0.39 is 0 Å². The number of aryl methyl sites for hydroxylation is 1. The molecule has 2 heterocycles. The normalized spacial score (nSPS) is 10.7. The summed E-state index contributed by atoms with van der Waals surface area (Å²) in [5.74, 6) is -0.282. The molecule has 30 heavy (non-hydrogen) atoms. The fourth-order valence-corrected chi connectivity index (χ4v) is 3.91. The number of nitrogens with zero attached hydrogens (tertiary/aromatic N) is 4. The predicted octanol–water partition coefficient (Wildman–Crippen LogP) is 3.79. The van der Waals surface area contributed by atoms with Gasteiger partial charge in [-0.25, -0.2) is 9.67 Å². The van der Waals surface area contributed by atoms with Crippen molar-refractivity contribution in [3.8, 4) is 11.3 Å². The van der Waals surface area contributed by atoms with Crippen molar-refractivity contribution in [2.24, 2.45) is 7.05 Å². The van der Waals surface area contributed by atoms with Crippen LogP contribution in [0.5, 0.6) is 0 Å². The van der Waals surface area contributed by atoms with Crippen LogP contribution >= 0.6 is 11.3 Å². The van der Waals surface area contributed by atoms with Gasteiger partial charge < -0.3 is 0 Å². The molecule has 2 aromatic carbocycles. The highest BCUT2D eigenvalue weighted by atomic mass is 32.1. The minimum atomic E-state index is -0.282. The molecule has 0 unspecified atom stereocenters. The molecular formula is C23H20N4O2S. The summed E-state index contributed by atoms with van der Waals surface area (Å²) in [6, 6.07) is 22.7. The van der Waals surface area contributed by atoms with Gasteiger partial charge in [-0.05, 0) is 18.1 Å². The number of aromatic nitrogens is 3. The molecule has 6 nitrogen and oxygen atoms in total. The van der Waals surface area contributed by atoms with Crippen molar-refractivity contribution in [2.75, 3.05) is 11.4 Å². The van der Waals surface area contributed by atoms with Crippen LogP contribution in [0.4, 0.5) is 5.13 Å². The highest BCUT2D eigenvalue weighted by Crippen LogP contribution is 2.28. The Hall–Kier alpha value is -3.58. The molecule has 0 saturated carbocycles. The number of carbonyl (C=O) groups excluding carboxylic acids is 1. The summed E-state index contributed by atoms with van der Waals surface area (Å²) in [6.07, 6.45) is 0.679.